The molecule has 0 saturated carbocycles. The maximum Gasteiger partial charge on any atom is 0.0641 e. The van der Waals surface area contributed by atoms with Crippen molar-refractivity contribution in [3.8, 4) is 28.1 Å². The van der Waals surface area contributed by atoms with Gasteiger partial charge >= 0.3 is 0 Å². The summed E-state index contributed by atoms with van der Waals surface area (Å²) in [5, 5.41) is 4.63. The Morgan fingerprint density at radius 3 is 2.27 bits per heavy atom. The summed E-state index contributed by atoms with van der Waals surface area (Å²) in [4.78, 5) is 2.54. The summed E-state index contributed by atoms with van der Waals surface area (Å²) in [7, 11) is 0. The second-order valence-electron chi connectivity index (χ2n) is 13.7. The van der Waals surface area contributed by atoms with Gasteiger partial charge in [-0.15, -0.1) is 0 Å². The zero-order valence-corrected chi connectivity index (χ0v) is 27.4. The van der Waals surface area contributed by atoms with Crippen molar-refractivity contribution in [2.75, 3.05) is 4.90 Å². The summed E-state index contributed by atoms with van der Waals surface area (Å²) in [6.07, 6.45) is 17.0. The first-order valence-corrected chi connectivity index (χ1v) is 17.2. The third kappa shape index (κ3) is 4.22. The van der Waals surface area contributed by atoms with E-state index in [1.54, 1.807) is 0 Å². The molecule has 1 unspecified atom stereocenters. The lowest BCUT2D eigenvalue weighted by atomic mass is 9.70. The van der Waals surface area contributed by atoms with Gasteiger partial charge in [-0.25, -0.2) is 0 Å². The topological polar surface area (TPSA) is 20.2 Å². The Balaban J connectivity index is 1.17. The Morgan fingerprint density at radius 2 is 1.39 bits per heavy atom. The van der Waals surface area contributed by atoms with Crippen LogP contribution < -0.4 is 10.2 Å². The lowest BCUT2D eigenvalue weighted by Crippen LogP contribution is -2.28. The average Bonchev–Trinajstić information content (AvgIpc) is 3.43. The molecule has 49 heavy (non-hydrogen) atoms. The Morgan fingerprint density at radius 1 is 0.653 bits per heavy atom. The first-order chi connectivity index (χ1) is 24.2. The van der Waals surface area contributed by atoms with E-state index in [1.807, 2.05) is 0 Å². The number of anilines is 2. The lowest BCUT2D eigenvalue weighted by Gasteiger charge is -2.39. The smallest absolute Gasteiger partial charge is 0.0641 e. The maximum atomic E-state index is 3.37. The molecule has 3 heteroatoms. The lowest BCUT2D eigenvalue weighted by molar-refractivity contribution is 0.508. The van der Waals surface area contributed by atoms with E-state index >= 15 is 0 Å². The summed E-state index contributed by atoms with van der Waals surface area (Å²) in [6, 6.07) is 44.3. The minimum Gasteiger partial charge on any atom is -0.387 e. The van der Waals surface area contributed by atoms with Crippen LogP contribution in [0.3, 0.4) is 0 Å². The average molecular weight is 630 g/mol. The predicted octanol–water partition coefficient (Wildman–Crippen LogP) is 11.4. The molecular weight excluding hydrogens is 595 g/mol. The molecule has 10 rings (SSSR count). The molecule has 4 aliphatic rings. The number of aromatic nitrogens is 1. The molecule has 1 atom stereocenters. The van der Waals surface area contributed by atoms with Crippen molar-refractivity contribution in [2.24, 2.45) is 5.41 Å². The van der Waals surface area contributed by atoms with E-state index in [1.165, 1.54) is 78.2 Å². The van der Waals surface area contributed by atoms with Crippen molar-refractivity contribution in [3.05, 3.63) is 186 Å². The number of nitrogens with one attached hydrogen (secondary N) is 1. The van der Waals surface area contributed by atoms with E-state index in [0.717, 1.165) is 18.7 Å². The monoisotopic (exact) mass is 629 g/mol. The van der Waals surface area contributed by atoms with Crippen LogP contribution in [-0.4, -0.2) is 4.57 Å². The molecule has 5 aromatic carbocycles. The first kappa shape index (κ1) is 28.0. The molecule has 2 aliphatic heterocycles. The van der Waals surface area contributed by atoms with Gasteiger partial charge in [0, 0.05) is 51.8 Å². The third-order valence-corrected chi connectivity index (χ3v) is 10.7. The zero-order chi connectivity index (χ0) is 32.5. The van der Waals surface area contributed by atoms with Crippen molar-refractivity contribution >= 4 is 33.9 Å². The largest absolute Gasteiger partial charge is 0.387 e. The van der Waals surface area contributed by atoms with Gasteiger partial charge in [0.1, 0.15) is 0 Å². The van der Waals surface area contributed by atoms with Gasteiger partial charge in [-0.05, 0) is 76.5 Å². The van der Waals surface area contributed by atoms with Crippen molar-refractivity contribution in [1.29, 1.82) is 0 Å². The summed E-state index contributed by atoms with van der Waals surface area (Å²) < 4.78 is 2.46. The van der Waals surface area contributed by atoms with Crippen molar-refractivity contribution in [1.82, 2.24) is 9.88 Å². The highest BCUT2D eigenvalue weighted by atomic mass is 15.2. The minimum absolute atomic E-state index is 0.164. The second-order valence-corrected chi connectivity index (χ2v) is 13.7. The van der Waals surface area contributed by atoms with Crippen LogP contribution in [-0.2, 0) is 6.54 Å². The van der Waals surface area contributed by atoms with Crippen LogP contribution in [0.1, 0.15) is 30.0 Å². The van der Waals surface area contributed by atoms with Gasteiger partial charge in [-0.3, -0.25) is 0 Å². The molecule has 0 bridgehead atoms. The summed E-state index contributed by atoms with van der Waals surface area (Å²) in [6.45, 7) is 3.27. The molecule has 234 valence electrons. The van der Waals surface area contributed by atoms with E-state index in [9.17, 15) is 0 Å². The molecule has 2 aliphatic carbocycles. The quantitative estimate of drug-likeness (QED) is 0.210. The molecule has 6 aromatic rings. The van der Waals surface area contributed by atoms with E-state index < -0.39 is 0 Å². The van der Waals surface area contributed by atoms with E-state index in [0.29, 0.717) is 0 Å². The molecule has 1 N–H and O–H groups in total. The Bertz CT molecular complexity index is 2490. The van der Waals surface area contributed by atoms with Crippen molar-refractivity contribution in [3.63, 3.8) is 0 Å². The second kappa shape index (κ2) is 10.7. The van der Waals surface area contributed by atoms with Gasteiger partial charge < -0.3 is 14.8 Å². The number of nitrogens with zero attached hydrogens (tertiary/aromatic N) is 2. The zero-order valence-electron chi connectivity index (χ0n) is 27.4. The highest BCUT2D eigenvalue weighted by Gasteiger charge is 2.37. The molecule has 3 nitrogen and oxygen atoms in total. The van der Waals surface area contributed by atoms with E-state index in [2.05, 4.69) is 186 Å². The number of benzene rings is 5. The van der Waals surface area contributed by atoms with Gasteiger partial charge in [0.15, 0.2) is 0 Å². The SMILES string of the molecule is CC12C=C(c3cccc4c3C=CNC4)C=CC1=CC=C(N1c3ccccc3-c3c(n(-c4ccccc4)c4ccccc34)-c3ccccc31)C2. The van der Waals surface area contributed by atoms with Gasteiger partial charge in [-0.1, -0.05) is 122 Å². The molecule has 3 heterocycles. The van der Waals surface area contributed by atoms with Crippen LogP contribution >= 0.6 is 0 Å². The van der Waals surface area contributed by atoms with Gasteiger partial charge in [-0.2, -0.15) is 0 Å². The number of hydrogen-bond donors (Lipinski definition) is 1. The molecule has 1 aromatic heterocycles. The predicted molar refractivity (Wildman–Crippen MR) is 205 cm³/mol. The number of allylic oxidation sites excluding steroid dienone is 8. The first-order valence-electron chi connectivity index (χ1n) is 17.2. The maximum absolute atomic E-state index is 3.37. The third-order valence-electron chi connectivity index (χ3n) is 10.7. The highest BCUT2D eigenvalue weighted by molar-refractivity contribution is 6.12. The van der Waals surface area contributed by atoms with Crippen LogP contribution in [0.5, 0.6) is 0 Å². The number of fused-ring (bicyclic) bond motifs is 9. The normalized spacial score (nSPS) is 18.6. The number of hydrogen-bond acceptors (Lipinski definition) is 2. The molecule has 0 amide bonds. The Labute approximate surface area is 287 Å². The highest BCUT2D eigenvalue weighted by Crippen LogP contribution is 2.55. The minimum atomic E-state index is -0.164. The number of rotatable bonds is 3. The number of para-hydroxylation sites is 4. The Kier molecular flexibility index (Phi) is 6.13. The Hall–Kier alpha value is -6.06. The molecular formula is C46H35N3. The van der Waals surface area contributed by atoms with Crippen molar-refractivity contribution < 1.29 is 0 Å². The molecule has 0 radical (unpaired) electrons. The fourth-order valence-electron chi connectivity index (χ4n) is 8.51. The van der Waals surface area contributed by atoms with Crippen molar-refractivity contribution in [2.45, 2.75) is 19.9 Å². The van der Waals surface area contributed by atoms with Crippen LogP contribution in [0.4, 0.5) is 11.4 Å². The van der Waals surface area contributed by atoms with Gasteiger partial charge in [0.05, 0.1) is 22.6 Å². The molecule has 0 spiro atoms. The van der Waals surface area contributed by atoms with Crippen LogP contribution in [0.15, 0.2) is 169 Å². The molecule has 0 saturated heterocycles. The standard InChI is InChI=1S/C46H35N3/c1-46-28-31(36-18-11-12-32-30-47-27-26-37(32)36)22-23-33(46)24-25-35(29-46)48-41-19-8-5-15-38(41)44-39-16-6-9-20-42(39)49(34-13-3-2-4-14-34)45(44)40-17-7-10-21-43(40)48/h2-28,47H,29-30H2,1H3. The van der Waals surface area contributed by atoms with E-state index in [4.69, 9.17) is 0 Å². The van der Waals surface area contributed by atoms with Crippen LogP contribution in [0, 0.1) is 5.41 Å². The summed E-state index contributed by atoms with van der Waals surface area (Å²) in [5.41, 5.74) is 17.5. The van der Waals surface area contributed by atoms with Gasteiger partial charge in [0.25, 0.3) is 0 Å². The fraction of sp³-hybridized carbons (Fsp3) is 0.0870. The summed E-state index contributed by atoms with van der Waals surface area (Å²) >= 11 is 0. The van der Waals surface area contributed by atoms with Crippen LogP contribution in [0.25, 0.3) is 50.6 Å². The van der Waals surface area contributed by atoms with Crippen LogP contribution in [0.2, 0.25) is 0 Å². The van der Waals surface area contributed by atoms with E-state index in [-0.39, 0.29) is 5.41 Å². The molecule has 0 fully saturated rings. The summed E-state index contributed by atoms with van der Waals surface area (Å²) in [5.74, 6) is 0. The fourth-order valence-corrected chi connectivity index (χ4v) is 8.51. The van der Waals surface area contributed by atoms with Gasteiger partial charge in [0.2, 0.25) is 0 Å².